The molecular weight excluding hydrogens is 282 g/mol. The molecule has 0 aromatic carbocycles. The fourth-order valence-electron chi connectivity index (χ4n) is 2.06. The Labute approximate surface area is 110 Å². The van der Waals surface area contributed by atoms with Crippen LogP contribution >= 0.6 is 15.9 Å². The van der Waals surface area contributed by atoms with Crippen LogP contribution in [-0.2, 0) is 4.74 Å². The number of anilines is 1. The van der Waals surface area contributed by atoms with Gasteiger partial charge in [0.05, 0.1) is 12.7 Å². The molecule has 2 heterocycles. The summed E-state index contributed by atoms with van der Waals surface area (Å²) in [5, 5.41) is 3.34. The van der Waals surface area contributed by atoms with E-state index in [4.69, 9.17) is 4.74 Å². The van der Waals surface area contributed by atoms with Gasteiger partial charge in [0.15, 0.2) is 0 Å². The molecule has 1 aliphatic rings. The lowest BCUT2D eigenvalue weighted by atomic mass is 10.2. The summed E-state index contributed by atoms with van der Waals surface area (Å²) in [5.41, 5.74) is 1.17. The number of hydrogen-bond acceptors (Lipinski definition) is 4. The maximum Gasteiger partial charge on any atom is 0.131 e. The first-order valence-electron chi connectivity index (χ1n) is 5.82. The van der Waals surface area contributed by atoms with Gasteiger partial charge in [0.1, 0.15) is 5.82 Å². The van der Waals surface area contributed by atoms with Crippen molar-refractivity contribution in [2.45, 2.75) is 13.0 Å². The van der Waals surface area contributed by atoms with E-state index in [1.54, 1.807) is 0 Å². The first-order chi connectivity index (χ1) is 8.16. The second-order valence-electron chi connectivity index (χ2n) is 4.37. The Hall–Kier alpha value is -0.650. The van der Waals surface area contributed by atoms with Gasteiger partial charge in [0, 0.05) is 37.4 Å². The molecular formula is C12H18BrN3O. The highest BCUT2D eigenvalue weighted by Gasteiger charge is 2.17. The Bertz CT molecular complexity index is 380. The van der Waals surface area contributed by atoms with Crippen molar-refractivity contribution in [2.24, 2.45) is 0 Å². The van der Waals surface area contributed by atoms with E-state index in [2.05, 4.69) is 51.2 Å². The number of pyridine rings is 1. The molecule has 5 heteroatoms. The minimum Gasteiger partial charge on any atom is -0.374 e. The van der Waals surface area contributed by atoms with Gasteiger partial charge in [-0.05, 0) is 34.5 Å². The topological polar surface area (TPSA) is 37.4 Å². The second kappa shape index (κ2) is 5.80. The van der Waals surface area contributed by atoms with Crippen LogP contribution in [0.1, 0.15) is 5.56 Å². The van der Waals surface area contributed by atoms with E-state index in [1.807, 2.05) is 6.20 Å². The van der Waals surface area contributed by atoms with Gasteiger partial charge in [-0.1, -0.05) is 0 Å². The fraction of sp³-hybridized carbons (Fsp3) is 0.583. The van der Waals surface area contributed by atoms with Crippen molar-refractivity contribution >= 4 is 21.7 Å². The lowest BCUT2D eigenvalue weighted by Crippen LogP contribution is -2.44. The number of morpholine rings is 1. The van der Waals surface area contributed by atoms with E-state index >= 15 is 0 Å². The highest BCUT2D eigenvalue weighted by atomic mass is 79.9. The lowest BCUT2D eigenvalue weighted by molar-refractivity contribution is 0.0339. The van der Waals surface area contributed by atoms with Gasteiger partial charge >= 0.3 is 0 Å². The molecule has 0 spiro atoms. The van der Waals surface area contributed by atoms with E-state index in [9.17, 15) is 0 Å². The normalized spacial score (nSPS) is 20.3. The smallest absolute Gasteiger partial charge is 0.131 e. The molecule has 4 nitrogen and oxygen atoms in total. The number of rotatable bonds is 3. The van der Waals surface area contributed by atoms with Crippen LogP contribution in [-0.4, -0.2) is 44.4 Å². The quantitative estimate of drug-likeness (QED) is 0.919. The van der Waals surface area contributed by atoms with Crippen molar-refractivity contribution in [1.82, 2.24) is 10.3 Å². The average Bonchev–Trinajstić information content (AvgIpc) is 2.30. The van der Waals surface area contributed by atoms with Gasteiger partial charge in [0.25, 0.3) is 0 Å². The first kappa shape index (κ1) is 12.8. The van der Waals surface area contributed by atoms with Crippen molar-refractivity contribution in [2.75, 3.05) is 38.2 Å². The summed E-state index contributed by atoms with van der Waals surface area (Å²) >= 11 is 3.43. The Morgan fingerprint density at radius 3 is 3.12 bits per heavy atom. The zero-order chi connectivity index (χ0) is 12.3. The molecule has 2 rings (SSSR count). The third-order valence-electron chi connectivity index (χ3n) is 2.86. The van der Waals surface area contributed by atoms with Crippen molar-refractivity contribution < 1.29 is 4.74 Å². The van der Waals surface area contributed by atoms with Crippen molar-refractivity contribution in [3.05, 3.63) is 22.3 Å². The summed E-state index contributed by atoms with van der Waals surface area (Å²) in [4.78, 5) is 6.60. The Kier molecular flexibility index (Phi) is 4.36. The van der Waals surface area contributed by atoms with Crippen molar-refractivity contribution in [3.63, 3.8) is 0 Å². The molecule has 94 valence electrons. The number of hydrogen-bond donors (Lipinski definition) is 1. The van der Waals surface area contributed by atoms with Crippen LogP contribution in [0.5, 0.6) is 0 Å². The van der Waals surface area contributed by atoms with Gasteiger partial charge in [-0.25, -0.2) is 4.98 Å². The fourth-order valence-corrected chi connectivity index (χ4v) is 2.51. The predicted molar refractivity (Wildman–Crippen MR) is 72.6 cm³/mol. The van der Waals surface area contributed by atoms with Crippen LogP contribution in [0.4, 0.5) is 5.82 Å². The molecule has 1 saturated heterocycles. The molecule has 17 heavy (non-hydrogen) atoms. The number of aryl methyl sites for hydroxylation is 1. The Balaban J connectivity index is 2.00. The third kappa shape index (κ3) is 3.40. The average molecular weight is 300 g/mol. The molecule has 1 atom stereocenters. The van der Waals surface area contributed by atoms with Crippen LogP contribution in [0.25, 0.3) is 0 Å². The zero-order valence-corrected chi connectivity index (χ0v) is 11.8. The minimum atomic E-state index is 0.249. The van der Waals surface area contributed by atoms with Crippen LogP contribution < -0.4 is 10.2 Å². The van der Waals surface area contributed by atoms with Crippen molar-refractivity contribution in [1.29, 1.82) is 0 Å². The Morgan fingerprint density at radius 1 is 1.65 bits per heavy atom. The highest BCUT2D eigenvalue weighted by Crippen LogP contribution is 2.20. The van der Waals surface area contributed by atoms with Gasteiger partial charge in [0.2, 0.25) is 0 Å². The summed E-state index contributed by atoms with van der Waals surface area (Å²) < 4.78 is 6.71. The monoisotopic (exact) mass is 299 g/mol. The first-order valence-corrected chi connectivity index (χ1v) is 6.61. The summed E-state index contributed by atoms with van der Waals surface area (Å²) in [7, 11) is 2.06. The number of nitrogens with zero attached hydrogens (tertiary/aromatic N) is 2. The summed E-state index contributed by atoms with van der Waals surface area (Å²) in [6.45, 7) is 5.60. The molecule has 1 unspecified atom stereocenters. The molecule has 0 amide bonds. The van der Waals surface area contributed by atoms with Gasteiger partial charge in [-0.3, -0.25) is 0 Å². The molecule has 0 bridgehead atoms. The largest absolute Gasteiger partial charge is 0.374 e. The molecule has 1 N–H and O–H groups in total. The zero-order valence-electron chi connectivity index (χ0n) is 10.2. The number of aromatic nitrogens is 1. The minimum absolute atomic E-state index is 0.249. The maximum atomic E-state index is 5.69. The van der Waals surface area contributed by atoms with Crippen LogP contribution in [0.2, 0.25) is 0 Å². The number of likely N-dealkylation sites (N-methyl/N-ethyl adjacent to an activating group) is 1. The molecule has 0 saturated carbocycles. The third-order valence-corrected chi connectivity index (χ3v) is 3.29. The molecule has 1 aromatic rings. The van der Waals surface area contributed by atoms with Crippen LogP contribution in [0.15, 0.2) is 16.7 Å². The Morgan fingerprint density at radius 2 is 2.47 bits per heavy atom. The van der Waals surface area contributed by atoms with Gasteiger partial charge in [-0.15, -0.1) is 0 Å². The summed E-state index contributed by atoms with van der Waals surface area (Å²) in [6.07, 6.45) is 2.08. The van der Waals surface area contributed by atoms with E-state index in [-0.39, 0.29) is 6.10 Å². The standard InChI is InChI=1S/C12H18BrN3O/c1-9-5-10(13)6-15-12(9)16(2)8-11-7-14-3-4-17-11/h5-6,11,14H,3-4,7-8H2,1-2H3. The number of nitrogens with one attached hydrogen (secondary N) is 1. The molecule has 1 aromatic heterocycles. The molecule has 1 aliphatic heterocycles. The van der Waals surface area contributed by atoms with Crippen molar-refractivity contribution in [3.8, 4) is 0 Å². The lowest BCUT2D eigenvalue weighted by Gasteiger charge is -2.29. The van der Waals surface area contributed by atoms with E-state index in [0.717, 1.165) is 36.5 Å². The molecule has 0 aliphatic carbocycles. The van der Waals surface area contributed by atoms with E-state index in [1.165, 1.54) is 5.56 Å². The van der Waals surface area contributed by atoms with Gasteiger partial charge < -0.3 is 15.0 Å². The maximum absolute atomic E-state index is 5.69. The second-order valence-corrected chi connectivity index (χ2v) is 5.29. The number of halogens is 1. The van der Waals surface area contributed by atoms with Crippen LogP contribution in [0.3, 0.4) is 0 Å². The van der Waals surface area contributed by atoms with Crippen LogP contribution in [0, 0.1) is 6.92 Å². The summed E-state index contributed by atoms with van der Waals surface area (Å²) in [6, 6.07) is 2.08. The SMILES string of the molecule is Cc1cc(Br)cnc1N(C)CC1CNCCO1. The summed E-state index contributed by atoms with van der Waals surface area (Å²) in [5.74, 6) is 1.02. The predicted octanol–water partition coefficient (Wildman–Crippen LogP) is 1.58. The number of ether oxygens (including phenoxy) is 1. The van der Waals surface area contributed by atoms with E-state index < -0.39 is 0 Å². The van der Waals surface area contributed by atoms with E-state index in [0.29, 0.717) is 0 Å². The molecule has 1 fully saturated rings. The molecule has 0 radical (unpaired) electrons. The van der Waals surface area contributed by atoms with Gasteiger partial charge in [-0.2, -0.15) is 0 Å². The highest BCUT2D eigenvalue weighted by molar-refractivity contribution is 9.10.